The highest BCUT2D eigenvalue weighted by molar-refractivity contribution is 6.31. The molecule has 2 N–H and O–H groups in total. The number of nitrogens with zero attached hydrogens (tertiary/aromatic N) is 1. The molecule has 0 aromatic heterocycles. The maximum Gasteiger partial charge on any atom is 0.322 e. The van der Waals surface area contributed by atoms with E-state index >= 15 is 0 Å². The van der Waals surface area contributed by atoms with E-state index < -0.39 is 16.9 Å². The van der Waals surface area contributed by atoms with Gasteiger partial charge in [0.2, 0.25) is 0 Å². The molecule has 0 unspecified atom stereocenters. The minimum Gasteiger partial charge on any atom is -0.468 e. The van der Waals surface area contributed by atoms with Gasteiger partial charge in [-0.05, 0) is 18.1 Å². The summed E-state index contributed by atoms with van der Waals surface area (Å²) in [5, 5.41) is 10.9. The van der Waals surface area contributed by atoms with E-state index in [4.69, 9.17) is 17.3 Å². The van der Waals surface area contributed by atoms with E-state index in [1.165, 1.54) is 25.3 Å². The van der Waals surface area contributed by atoms with Gasteiger partial charge in [0.15, 0.2) is 0 Å². The maximum atomic E-state index is 11.1. The molecular formula is C10H11ClN2O4. The van der Waals surface area contributed by atoms with Crippen molar-refractivity contribution in [2.75, 3.05) is 7.11 Å². The number of methoxy groups -OCH3 is 1. The number of rotatable bonds is 4. The Labute approximate surface area is 102 Å². The lowest BCUT2D eigenvalue weighted by Crippen LogP contribution is -2.33. The van der Waals surface area contributed by atoms with Gasteiger partial charge in [0.05, 0.1) is 12.0 Å². The fraction of sp³-hybridized carbons (Fsp3) is 0.300. The molecule has 6 nitrogen and oxygen atoms in total. The van der Waals surface area contributed by atoms with Crippen molar-refractivity contribution in [3.8, 4) is 0 Å². The Morgan fingerprint density at radius 1 is 1.65 bits per heavy atom. The smallest absolute Gasteiger partial charge is 0.322 e. The van der Waals surface area contributed by atoms with Crippen LogP contribution in [0.1, 0.15) is 5.56 Å². The first kappa shape index (κ1) is 13.4. The van der Waals surface area contributed by atoms with Crippen molar-refractivity contribution in [2.24, 2.45) is 5.73 Å². The Balaban J connectivity index is 2.93. The number of nitro benzene ring substituents is 1. The van der Waals surface area contributed by atoms with Gasteiger partial charge in [0.25, 0.3) is 5.69 Å². The standard InChI is InChI=1S/C10H11ClN2O4/c1-17-10(14)9(12)5-6-4-7(13(15)16)2-3-8(6)11/h2-4,9H,5,12H2,1H3/t9-/m0/s1. The Morgan fingerprint density at radius 2 is 2.29 bits per heavy atom. The Kier molecular flexibility index (Phi) is 4.42. The van der Waals surface area contributed by atoms with Gasteiger partial charge in [-0.1, -0.05) is 11.6 Å². The molecule has 1 rings (SSSR count). The highest BCUT2D eigenvalue weighted by atomic mass is 35.5. The van der Waals surface area contributed by atoms with Gasteiger partial charge in [0.1, 0.15) is 6.04 Å². The lowest BCUT2D eigenvalue weighted by atomic mass is 10.1. The van der Waals surface area contributed by atoms with Gasteiger partial charge in [-0.3, -0.25) is 14.9 Å². The number of halogens is 1. The highest BCUT2D eigenvalue weighted by Crippen LogP contribution is 2.23. The van der Waals surface area contributed by atoms with Crippen LogP contribution >= 0.6 is 11.6 Å². The van der Waals surface area contributed by atoms with Crippen LogP contribution in [-0.4, -0.2) is 24.0 Å². The number of esters is 1. The summed E-state index contributed by atoms with van der Waals surface area (Å²) in [5.74, 6) is -0.590. The van der Waals surface area contributed by atoms with Gasteiger partial charge >= 0.3 is 5.97 Å². The first-order chi connectivity index (χ1) is 7.95. The summed E-state index contributed by atoms with van der Waals surface area (Å²) in [4.78, 5) is 21.2. The van der Waals surface area contributed by atoms with Crippen molar-refractivity contribution in [1.29, 1.82) is 0 Å². The number of non-ortho nitro benzene ring substituents is 1. The zero-order valence-corrected chi connectivity index (χ0v) is 9.81. The van der Waals surface area contributed by atoms with Gasteiger partial charge in [-0.2, -0.15) is 0 Å². The SMILES string of the molecule is COC(=O)[C@@H](N)Cc1cc([N+](=O)[O-])ccc1Cl. The van der Waals surface area contributed by atoms with Crippen molar-refractivity contribution in [2.45, 2.75) is 12.5 Å². The van der Waals surface area contributed by atoms with Gasteiger partial charge in [0, 0.05) is 17.2 Å². The third kappa shape index (κ3) is 3.40. The number of benzene rings is 1. The van der Waals surface area contributed by atoms with E-state index in [2.05, 4.69) is 4.74 Å². The van der Waals surface area contributed by atoms with E-state index in [1.54, 1.807) is 0 Å². The van der Waals surface area contributed by atoms with Crippen LogP contribution in [0.5, 0.6) is 0 Å². The second-order valence-corrected chi connectivity index (χ2v) is 3.77. The molecule has 17 heavy (non-hydrogen) atoms. The van der Waals surface area contributed by atoms with Crippen LogP contribution in [-0.2, 0) is 16.0 Å². The van der Waals surface area contributed by atoms with Crippen LogP contribution < -0.4 is 5.73 Å². The quantitative estimate of drug-likeness (QED) is 0.499. The molecule has 0 spiro atoms. The average molecular weight is 259 g/mol. The molecule has 1 aromatic carbocycles. The van der Waals surface area contributed by atoms with Crippen LogP contribution in [0.15, 0.2) is 18.2 Å². The lowest BCUT2D eigenvalue weighted by Gasteiger charge is -2.10. The highest BCUT2D eigenvalue weighted by Gasteiger charge is 2.18. The molecule has 0 bridgehead atoms. The molecular weight excluding hydrogens is 248 g/mol. The lowest BCUT2D eigenvalue weighted by molar-refractivity contribution is -0.384. The molecule has 0 fully saturated rings. The Bertz CT molecular complexity index is 450. The second kappa shape index (κ2) is 5.60. The largest absolute Gasteiger partial charge is 0.468 e. The fourth-order valence-electron chi connectivity index (χ4n) is 1.30. The van der Waals surface area contributed by atoms with Crippen LogP contribution in [0.3, 0.4) is 0 Å². The minimum absolute atomic E-state index is 0.0905. The summed E-state index contributed by atoms with van der Waals surface area (Å²) in [5.41, 5.74) is 5.90. The van der Waals surface area contributed by atoms with E-state index in [0.29, 0.717) is 10.6 Å². The predicted molar refractivity (Wildman–Crippen MR) is 61.8 cm³/mol. The molecule has 0 amide bonds. The number of hydrogen-bond acceptors (Lipinski definition) is 5. The van der Waals surface area contributed by atoms with Gasteiger partial charge in [-0.25, -0.2) is 0 Å². The molecule has 0 saturated carbocycles. The summed E-state index contributed by atoms with van der Waals surface area (Å²) >= 11 is 5.86. The monoisotopic (exact) mass is 258 g/mol. The molecule has 0 saturated heterocycles. The molecule has 1 atom stereocenters. The fourth-order valence-corrected chi connectivity index (χ4v) is 1.50. The summed E-state index contributed by atoms with van der Waals surface area (Å²) in [7, 11) is 1.22. The topological polar surface area (TPSA) is 95.5 Å². The van der Waals surface area contributed by atoms with Crippen LogP contribution in [0.2, 0.25) is 5.02 Å². The molecule has 0 aliphatic heterocycles. The van der Waals surface area contributed by atoms with Crippen molar-refractivity contribution in [3.05, 3.63) is 38.9 Å². The number of hydrogen-bond donors (Lipinski definition) is 1. The summed E-state index contributed by atoms with van der Waals surface area (Å²) in [6, 6.07) is 3.10. The third-order valence-electron chi connectivity index (χ3n) is 2.18. The molecule has 92 valence electrons. The van der Waals surface area contributed by atoms with Gasteiger partial charge < -0.3 is 10.5 Å². The van der Waals surface area contributed by atoms with Crippen molar-refractivity contribution in [1.82, 2.24) is 0 Å². The molecule has 0 aliphatic rings. The molecule has 1 aromatic rings. The van der Waals surface area contributed by atoms with Crippen molar-refractivity contribution in [3.63, 3.8) is 0 Å². The van der Waals surface area contributed by atoms with E-state index in [0.717, 1.165) is 0 Å². The van der Waals surface area contributed by atoms with Crippen molar-refractivity contribution < 1.29 is 14.5 Å². The maximum absolute atomic E-state index is 11.1. The molecule has 0 aliphatic carbocycles. The predicted octanol–water partition coefficient (Wildman–Crippen LogP) is 1.29. The van der Waals surface area contributed by atoms with Gasteiger partial charge in [-0.15, -0.1) is 0 Å². The number of nitrogens with two attached hydrogens (primary N) is 1. The first-order valence-electron chi connectivity index (χ1n) is 4.72. The van der Waals surface area contributed by atoms with Crippen LogP contribution in [0, 0.1) is 10.1 Å². The molecule has 0 heterocycles. The second-order valence-electron chi connectivity index (χ2n) is 3.37. The van der Waals surface area contributed by atoms with E-state index in [1.807, 2.05) is 0 Å². The summed E-state index contributed by atoms with van der Waals surface area (Å²) < 4.78 is 4.46. The van der Waals surface area contributed by atoms with E-state index in [-0.39, 0.29) is 12.1 Å². The Hall–Kier alpha value is -1.66. The van der Waals surface area contributed by atoms with Crippen LogP contribution in [0.4, 0.5) is 5.69 Å². The van der Waals surface area contributed by atoms with E-state index in [9.17, 15) is 14.9 Å². The summed E-state index contributed by atoms with van der Waals surface area (Å²) in [6.07, 6.45) is 0.0905. The first-order valence-corrected chi connectivity index (χ1v) is 5.09. The number of carbonyl (C=O) groups is 1. The molecule has 7 heteroatoms. The zero-order chi connectivity index (χ0) is 13.0. The number of carbonyl (C=O) groups excluding carboxylic acids is 1. The van der Waals surface area contributed by atoms with Crippen LogP contribution in [0.25, 0.3) is 0 Å². The molecule has 0 radical (unpaired) electrons. The normalized spacial score (nSPS) is 11.9. The van der Waals surface area contributed by atoms with Crippen molar-refractivity contribution >= 4 is 23.3 Å². The Morgan fingerprint density at radius 3 is 2.82 bits per heavy atom. The summed E-state index contributed by atoms with van der Waals surface area (Å²) in [6.45, 7) is 0. The zero-order valence-electron chi connectivity index (χ0n) is 9.05. The third-order valence-corrected chi connectivity index (χ3v) is 2.55. The number of nitro groups is 1. The number of ether oxygens (including phenoxy) is 1. The average Bonchev–Trinajstić information content (AvgIpc) is 2.30. The minimum atomic E-state index is -0.889.